The highest BCUT2D eigenvalue weighted by atomic mass is 32.2. The van der Waals surface area contributed by atoms with Gasteiger partial charge in [0.05, 0.1) is 10.8 Å². The molecule has 0 aromatic carbocycles. The lowest BCUT2D eigenvalue weighted by molar-refractivity contribution is 0.774. The fraction of sp³-hybridized carbons (Fsp3) is 0.667. The Morgan fingerprint density at radius 3 is 1.46 bits per heavy atom. The first-order valence-corrected chi connectivity index (χ1v) is 11.0. The number of aromatic nitrogens is 4. The highest BCUT2D eigenvalue weighted by Gasteiger charge is 2.26. The quantitative estimate of drug-likeness (QED) is 0.678. The number of H-pyrrole nitrogens is 1. The number of thioether (sulfide) groups is 3. The largest absolute Gasteiger partial charge is 0.275 e. The van der Waals surface area contributed by atoms with Crippen molar-refractivity contribution in [3.05, 3.63) is 10.4 Å². The van der Waals surface area contributed by atoms with E-state index >= 15 is 0 Å². The molecule has 2 aromatic heterocycles. The van der Waals surface area contributed by atoms with Crippen LogP contribution in [0.1, 0.15) is 62.3 Å². The van der Waals surface area contributed by atoms with Crippen LogP contribution in [0, 0.1) is 0 Å². The zero-order valence-electron chi connectivity index (χ0n) is 17.0. The Morgan fingerprint density at radius 2 is 1.04 bits per heavy atom. The number of aromatic amines is 1. The first kappa shape index (κ1) is 21.6. The van der Waals surface area contributed by atoms with E-state index in [2.05, 4.69) is 82.7 Å². The van der Waals surface area contributed by atoms with E-state index in [4.69, 9.17) is 0 Å². The van der Waals surface area contributed by atoms with Crippen LogP contribution in [-0.4, -0.2) is 34.6 Å². The van der Waals surface area contributed by atoms with Crippen molar-refractivity contribution < 1.29 is 0 Å². The fourth-order valence-electron chi connectivity index (χ4n) is 2.11. The number of nitrogens with zero attached hydrogens (tertiary/aromatic N) is 3. The van der Waals surface area contributed by atoms with Crippen LogP contribution in [0.2, 0.25) is 0 Å². The zero-order valence-corrected chi connectivity index (χ0v) is 19.4. The minimum absolute atomic E-state index is 0.0392. The smallest absolute Gasteiger partial charge is 0.267 e. The van der Waals surface area contributed by atoms with E-state index in [9.17, 15) is 4.79 Å². The van der Waals surface area contributed by atoms with Gasteiger partial charge in [0.15, 0.2) is 0 Å². The summed E-state index contributed by atoms with van der Waals surface area (Å²) in [7, 11) is 0. The van der Waals surface area contributed by atoms with E-state index in [1.165, 1.54) is 0 Å². The molecule has 0 spiro atoms. The van der Waals surface area contributed by atoms with Crippen LogP contribution in [0.4, 0.5) is 0 Å². The molecule has 0 atom stereocenters. The molecular weight excluding hydrogens is 384 g/mol. The summed E-state index contributed by atoms with van der Waals surface area (Å²) in [6, 6.07) is 0. The van der Waals surface area contributed by atoms with E-state index in [1.807, 2.05) is 0 Å². The lowest BCUT2D eigenvalue weighted by Crippen LogP contribution is -2.18. The number of nitrogens with one attached hydrogen (secondary N) is 1. The van der Waals surface area contributed by atoms with Gasteiger partial charge in [-0.05, 0) is 0 Å². The third kappa shape index (κ3) is 5.89. The second-order valence-corrected chi connectivity index (χ2v) is 14.5. The lowest BCUT2D eigenvalue weighted by Gasteiger charge is -2.22. The highest BCUT2D eigenvalue weighted by Crippen LogP contribution is 2.43. The van der Waals surface area contributed by atoms with Gasteiger partial charge in [-0.1, -0.05) is 97.6 Å². The van der Waals surface area contributed by atoms with E-state index in [0.29, 0.717) is 10.4 Å². The Hall–Kier alpha value is -0.730. The molecule has 0 unspecified atom stereocenters. The maximum Gasteiger partial charge on any atom is 0.275 e. The van der Waals surface area contributed by atoms with Crippen molar-refractivity contribution in [1.82, 2.24) is 20.4 Å². The van der Waals surface area contributed by atoms with Crippen molar-refractivity contribution in [1.29, 1.82) is 0 Å². The fourth-order valence-corrected chi connectivity index (χ4v) is 5.07. The Labute approximate surface area is 168 Å². The van der Waals surface area contributed by atoms with Crippen molar-refractivity contribution in [2.24, 2.45) is 0 Å². The predicted molar refractivity (Wildman–Crippen MR) is 115 cm³/mol. The maximum absolute atomic E-state index is 12.7. The van der Waals surface area contributed by atoms with Gasteiger partial charge in [0, 0.05) is 14.2 Å². The molecule has 2 heterocycles. The summed E-state index contributed by atoms with van der Waals surface area (Å²) >= 11 is 4.81. The summed E-state index contributed by atoms with van der Waals surface area (Å²) in [5, 5.41) is 19.5. The van der Waals surface area contributed by atoms with E-state index in [0.717, 1.165) is 15.4 Å². The van der Waals surface area contributed by atoms with E-state index in [1.54, 1.807) is 35.3 Å². The van der Waals surface area contributed by atoms with Gasteiger partial charge in [0.1, 0.15) is 15.1 Å². The van der Waals surface area contributed by atoms with Crippen molar-refractivity contribution in [2.45, 2.75) is 91.6 Å². The summed E-state index contributed by atoms with van der Waals surface area (Å²) < 4.78 is -0.164. The second-order valence-electron chi connectivity index (χ2n) is 9.06. The van der Waals surface area contributed by atoms with Gasteiger partial charge in [0.25, 0.3) is 5.56 Å². The Morgan fingerprint density at radius 1 is 0.654 bits per heavy atom. The molecule has 5 nitrogen and oxygen atoms in total. The van der Waals surface area contributed by atoms with Crippen molar-refractivity contribution in [3.8, 4) is 0 Å². The van der Waals surface area contributed by atoms with Crippen LogP contribution in [0.5, 0.6) is 0 Å². The number of hydrogen-bond acceptors (Lipinski definition) is 7. The van der Waals surface area contributed by atoms with Gasteiger partial charge in [-0.25, -0.2) is 5.10 Å². The molecule has 1 N–H and O–H groups in total. The van der Waals surface area contributed by atoms with Crippen LogP contribution in [0.25, 0.3) is 10.8 Å². The second kappa shape index (κ2) is 7.36. The van der Waals surface area contributed by atoms with Crippen LogP contribution < -0.4 is 5.56 Å². The van der Waals surface area contributed by atoms with Crippen LogP contribution >= 0.6 is 35.3 Å². The average molecular weight is 413 g/mol. The van der Waals surface area contributed by atoms with Gasteiger partial charge < -0.3 is 0 Å². The van der Waals surface area contributed by atoms with Crippen molar-refractivity contribution in [3.63, 3.8) is 0 Å². The van der Waals surface area contributed by atoms with Crippen molar-refractivity contribution in [2.75, 3.05) is 0 Å². The van der Waals surface area contributed by atoms with Crippen LogP contribution in [0.15, 0.2) is 19.9 Å². The third-order valence-corrected chi connectivity index (χ3v) is 6.10. The van der Waals surface area contributed by atoms with Crippen LogP contribution in [-0.2, 0) is 0 Å². The predicted octanol–water partition coefficient (Wildman–Crippen LogP) is 5.38. The molecule has 0 saturated heterocycles. The summed E-state index contributed by atoms with van der Waals surface area (Å²) in [5.74, 6) is 0. The van der Waals surface area contributed by atoms with Gasteiger partial charge in [-0.15, -0.1) is 10.2 Å². The highest BCUT2D eigenvalue weighted by molar-refractivity contribution is 8.02. The molecule has 0 aliphatic carbocycles. The summed E-state index contributed by atoms with van der Waals surface area (Å²) in [6.07, 6.45) is 0. The molecule has 0 aliphatic heterocycles. The first-order valence-electron chi connectivity index (χ1n) is 8.52. The molecule has 144 valence electrons. The topological polar surface area (TPSA) is 71.5 Å². The SMILES string of the molecule is CC(C)(C)Sc1nnc(SC(C)(C)C)c2c(=O)[nH]nc(SC(C)(C)C)c12. The molecule has 0 fully saturated rings. The van der Waals surface area contributed by atoms with Gasteiger partial charge in [0.2, 0.25) is 0 Å². The minimum atomic E-state index is -0.212. The number of hydrogen-bond donors (Lipinski definition) is 1. The van der Waals surface area contributed by atoms with Gasteiger partial charge in [-0.2, -0.15) is 5.10 Å². The normalized spacial score (nSPS) is 13.4. The van der Waals surface area contributed by atoms with Gasteiger partial charge >= 0.3 is 0 Å². The average Bonchev–Trinajstić information content (AvgIpc) is 2.39. The number of fused-ring (bicyclic) bond motifs is 1. The molecule has 8 heteroatoms. The summed E-state index contributed by atoms with van der Waals surface area (Å²) in [5.41, 5.74) is -0.212. The van der Waals surface area contributed by atoms with Crippen molar-refractivity contribution >= 4 is 46.1 Å². The Kier molecular flexibility index (Phi) is 6.10. The Balaban J connectivity index is 2.82. The standard InChI is InChI=1S/C18H28N4OS3/c1-16(2,3)24-13-10-11(15(22-21-13)26-18(7,8)9)14(20-19-12(10)23)25-17(4,5)6/h1-9H3,(H,19,23). The molecule has 0 saturated carbocycles. The van der Waals surface area contributed by atoms with Crippen LogP contribution in [0.3, 0.4) is 0 Å². The maximum atomic E-state index is 12.7. The molecule has 2 rings (SSSR count). The third-order valence-electron chi connectivity index (χ3n) is 2.82. The number of rotatable bonds is 3. The lowest BCUT2D eigenvalue weighted by atomic mass is 10.2. The van der Waals surface area contributed by atoms with Gasteiger partial charge in [-0.3, -0.25) is 4.79 Å². The molecule has 0 aliphatic rings. The monoisotopic (exact) mass is 412 g/mol. The molecule has 0 radical (unpaired) electrons. The molecule has 2 aromatic rings. The summed E-state index contributed by atoms with van der Waals surface area (Å²) in [4.78, 5) is 12.7. The van der Waals surface area contributed by atoms with E-state index in [-0.39, 0.29) is 19.8 Å². The molecule has 0 bridgehead atoms. The first-order chi connectivity index (χ1) is 11.7. The molecular formula is C18H28N4OS3. The molecule has 0 amide bonds. The zero-order chi connectivity index (χ0) is 19.9. The molecule has 26 heavy (non-hydrogen) atoms. The minimum Gasteiger partial charge on any atom is -0.267 e. The Bertz CT molecular complexity index is 836. The van der Waals surface area contributed by atoms with E-state index < -0.39 is 0 Å². The summed E-state index contributed by atoms with van der Waals surface area (Å²) in [6.45, 7) is 19.1.